The zero-order valence-corrected chi connectivity index (χ0v) is 14.6. The lowest BCUT2D eigenvalue weighted by molar-refractivity contribution is 0.0999. The Balaban J connectivity index is 2.60. The Hall–Kier alpha value is -1.76. The first kappa shape index (κ1) is 17.6. The fourth-order valence-electron chi connectivity index (χ4n) is 2.01. The predicted octanol–water partition coefficient (Wildman–Crippen LogP) is 3.48. The molecule has 0 aliphatic carbocycles. The number of carbonyl (C=O) groups is 1. The van der Waals surface area contributed by atoms with Gasteiger partial charge in [-0.15, -0.1) is 0 Å². The van der Waals surface area contributed by atoms with Crippen LogP contribution in [-0.4, -0.2) is 14.3 Å². The summed E-state index contributed by atoms with van der Waals surface area (Å²) in [5.41, 5.74) is 5.92. The summed E-state index contributed by atoms with van der Waals surface area (Å²) in [6.45, 7) is 3.15. The zero-order valence-electron chi connectivity index (χ0n) is 12.3. The summed E-state index contributed by atoms with van der Waals surface area (Å²) in [5.74, 6) is -0.978. The van der Waals surface area contributed by atoms with E-state index in [9.17, 15) is 13.2 Å². The highest BCUT2D eigenvalue weighted by atomic mass is 35.5. The molecule has 1 amide bonds. The fraction of sp³-hybridized carbons (Fsp3) is 0.133. The van der Waals surface area contributed by atoms with Gasteiger partial charge < -0.3 is 9.92 Å². The molecule has 0 spiro atoms. The van der Waals surface area contributed by atoms with Gasteiger partial charge in [0.15, 0.2) is 5.75 Å². The van der Waals surface area contributed by atoms with Crippen molar-refractivity contribution in [2.75, 3.05) is 0 Å². The number of primary amides is 1. The normalized spacial score (nSPS) is 11.3. The van der Waals surface area contributed by atoms with E-state index in [2.05, 4.69) is 0 Å². The second kappa shape index (κ2) is 6.39. The highest BCUT2D eigenvalue weighted by molar-refractivity contribution is 7.87. The van der Waals surface area contributed by atoms with Crippen molar-refractivity contribution in [2.24, 2.45) is 5.73 Å². The van der Waals surface area contributed by atoms with Crippen LogP contribution in [0.2, 0.25) is 10.0 Å². The molecule has 2 aromatic rings. The van der Waals surface area contributed by atoms with Crippen molar-refractivity contribution in [3.63, 3.8) is 0 Å². The Kier molecular flexibility index (Phi) is 4.89. The molecule has 2 aromatic carbocycles. The molecule has 2 rings (SSSR count). The zero-order chi connectivity index (χ0) is 17.4. The topological polar surface area (TPSA) is 86.5 Å². The number of halogens is 2. The van der Waals surface area contributed by atoms with E-state index in [1.54, 1.807) is 19.1 Å². The Bertz CT molecular complexity index is 868. The molecule has 0 bridgehead atoms. The highest BCUT2D eigenvalue weighted by Crippen LogP contribution is 2.35. The summed E-state index contributed by atoms with van der Waals surface area (Å²) in [6.07, 6.45) is 0. The molecule has 0 atom stereocenters. The van der Waals surface area contributed by atoms with Gasteiger partial charge in [0.05, 0.1) is 10.6 Å². The van der Waals surface area contributed by atoms with Gasteiger partial charge in [-0.25, -0.2) is 0 Å². The molecule has 0 aliphatic rings. The van der Waals surface area contributed by atoms with Gasteiger partial charge in [0.25, 0.3) is 5.91 Å². The molecule has 5 nitrogen and oxygen atoms in total. The Morgan fingerprint density at radius 1 is 1.17 bits per heavy atom. The van der Waals surface area contributed by atoms with E-state index < -0.39 is 16.0 Å². The van der Waals surface area contributed by atoms with Gasteiger partial charge in [-0.1, -0.05) is 35.3 Å². The summed E-state index contributed by atoms with van der Waals surface area (Å²) < 4.78 is 30.3. The van der Waals surface area contributed by atoms with Crippen molar-refractivity contribution < 1.29 is 17.4 Å². The molecule has 122 valence electrons. The van der Waals surface area contributed by atoms with Crippen molar-refractivity contribution in [1.29, 1.82) is 0 Å². The van der Waals surface area contributed by atoms with Crippen LogP contribution in [0.5, 0.6) is 5.75 Å². The standard InChI is InChI=1S/C15H13Cl2NO4S/c1-8-7-11(16)9(2)14(13(8)17)23(20,21)22-12-6-4-3-5-10(12)15(18)19/h3-7H,1-2H3,(H2,18,19). The maximum absolute atomic E-state index is 12.6. The van der Waals surface area contributed by atoms with Gasteiger partial charge in [-0.05, 0) is 43.2 Å². The molecule has 0 saturated carbocycles. The summed E-state index contributed by atoms with van der Waals surface area (Å²) in [4.78, 5) is 11.2. The number of para-hydroxylation sites is 1. The summed E-state index contributed by atoms with van der Waals surface area (Å²) >= 11 is 12.1. The molecule has 8 heteroatoms. The van der Waals surface area contributed by atoms with E-state index in [0.717, 1.165) is 0 Å². The minimum Gasteiger partial charge on any atom is -0.378 e. The molecule has 0 saturated heterocycles. The van der Waals surface area contributed by atoms with Gasteiger partial charge >= 0.3 is 10.1 Å². The van der Waals surface area contributed by atoms with Crippen molar-refractivity contribution in [3.8, 4) is 5.75 Å². The number of nitrogens with two attached hydrogens (primary N) is 1. The minimum atomic E-state index is -4.30. The molecule has 0 heterocycles. The lowest BCUT2D eigenvalue weighted by atomic mass is 10.2. The smallest absolute Gasteiger partial charge is 0.341 e. The van der Waals surface area contributed by atoms with Crippen LogP contribution in [0, 0.1) is 13.8 Å². The molecule has 23 heavy (non-hydrogen) atoms. The van der Waals surface area contributed by atoms with Gasteiger partial charge in [0.1, 0.15) is 4.90 Å². The van der Waals surface area contributed by atoms with E-state index in [1.165, 1.54) is 25.1 Å². The van der Waals surface area contributed by atoms with E-state index in [-0.39, 0.29) is 31.8 Å². The summed E-state index contributed by atoms with van der Waals surface area (Å²) in [5, 5.41) is 0.265. The number of carbonyl (C=O) groups excluding carboxylic acids is 1. The van der Waals surface area contributed by atoms with Crippen molar-refractivity contribution >= 4 is 39.2 Å². The SMILES string of the molecule is Cc1cc(Cl)c(C)c(S(=O)(=O)Oc2ccccc2C(N)=O)c1Cl. The first-order valence-corrected chi connectivity index (χ1v) is 8.60. The van der Waals surface area contributed by atoms with Crippen LogP contribution in [0.4, 0.5) is 0 Å². The summed E-state index contributed by atoms with van der Waals surface area (Å²) in [7, 11) is -4.30. The van der Waals surface area contributed by atoms with E-state index in [0.29, 0.717) is 5.56 Å². The van der Waals surface area contributed by atoms with Crippen LogP contribution < -0.4 is 9.92 Å². The fourth-order valence-corrected chi connectivity index (χ4v) is 4.14. The van der Waals surface area contributed by atoms with Crippen molar-refractivity contribution in [3.05, 3.63) is 57.1 Å². The van der Waals surface area contributed by atoms with Gasteiger partial charge in [0.2, 0.25) is 0 Å². The molecule has 0 aromatic heterocycles. The van der Waals surface area contributed by atoms with E-state index >= 15 is 0 Å². The molecule has 0 unspecified atom stereocenters. The number of hydrogen-bond acceptors (Lipinski definition) is 4. The Morgan fingerprint density at radius 2 is 1.78 bits per heavy atom. The van der Waals surface area contributed by atoms with Crippen molar-refractivity contribution in [1.82, 2.24) is 0 Å². The third kappa shape index (κ3) is 3.44. The lowest BCUT2D eigenvalue weighted by Gasteiger charge is -2.14. The Labute approximate surface area is 144 Å². The van der Waals surface area contributed by atoms with Crippen LogP contribution in [0.3, 0.4) is 0 Å². The monoisotopic (exact) mass is 373 g/mol. The van der Waals surface area contributed by atoms with E-state index in [4.69, 9.17) is 33.1 Å². The maximum Gasteiger partial charge on any atom is 0.341 e. The molecule has 2 N–H and O–H groups in total. The Morgan fingerprint density at radius 3 is 2.39 bits per heavy atom. The van der Waals surface area contributed by atoms with Gasteiger partial charge in [-0.3, -0.25) is 4.79 Å². The third-order valence-electron chi connectivity index (χ3n) is 3.19. The van der Waals surface area contributed by atoms with Gasteiger partial charge in [-0.2, -0.15) is 8.42 Å². The second-order valence-corrected chi connectivity index (χ2v) is 7.11. The predicted molar refractivity (Wildman–Crippen MR) is 88.7 cm³/mol. The average Bonchev–Trinajstić information content (AvgIpc) is 2.45. The number of amides is 1. The molecule has 0 fully saturated rings. The number of hydrogen-bond donors (Lipinski definition) is 1. The number of rotatable bonds is 4. The quantitative estimate of drug-likeness (QED) is 0.831. The molecule has 0 aliphatic heterocycles. The molecular weight excluding hydrogens is 361 g/mol. The van der Waals surface area contributed by atoms with Gasteiger partial charge in [0, 0.05) is 5.02 Å². The van der Waals surface area contributed by atoms with Crippen LogP contribution in [-0.2, 0) is 10.1 Å². The maximum atomic E-state index is 12.6. The lowest BCUT2D eigenvalue weighted by Crippen LogP contribution is -2.17. The highest BCUT2D eigenvalue weighted by Gasteiger charge is 2.27. The average molecular weight is 374 g/mol. The third-order valence-corrected chi connectivity index (χ3v) is 5.59. The largest absolute Gasteiger partial charge is 0.378 e. The summed E-state index contributed by atoms with van der Waals surface area (Å²) in [6, 6.07) is 7.33. The first-order chi connectivity index (χ1) is 10.6. The molecular formula is C15H13Cl2NO4S. The van der Waals surface area contributed by atoms with Crippen LogP contribution in [0.1, 0.15) is 21.5 Å². The number of aryl methyl sites for hydroxylation is 1. The number of benzene rings is 2. The first-order valence-electron chi connectivity index (χ1n) is 6.43. The molecule has 0 radical (unpaired) electrons. The van der Waals surface area contributed by atoms with E-state index in [1.807, 2.05) is 0 Å². The van der Waals surface area contributed by atoms with Crippen molar-refractivity contribution in [2.45, 2.75) is 18.7 Å². The minimum absolute atomic E-state index is 0.0171. The van der Waals surface area contributed by atoms with Crippen LogP contribution in [0.15, 0.2) is 35.2 Å². The second-order valence-electron chi connectivity index (χ2n) is 4.84. The van der Waals surface area contributed by atoms with Crippen LogP contribution in [0.25, 0.3) is 0 Å². The van der Waals surface area contributed by atoms with Crippen LogP contribution >= 0.6 is 23.2 Å².